The fraction of sp³-hybridized carbons (Fsp3) is 0.400. The molecule has 3 rings (SSSR count). The fourth-order valence-corrected chi connectivity index (χ4v) is 3.43. The molecular weight excluding hydrogens is 313 g/mol. The van der Waals surface area contributed by atoms with Gasteiger partial charge < -0.3 is 4.74 Å². The van der Waals surface area contributed by atoms with Crippen molar-refractivity contribution in [2.75, 3.05) is 0 Å². The molecule has 0 unspecified atom stereocenters. The van der Waals surface area contributed by atoms with E-state index in [1.165, 1.54) is 25.0 Å². The smallest absolute Gasteiger partial charge is 0.387 e. The van der Waals surface area contributed by atoms with E-state index in [0.29, 0.717) is 17.0 Å². The first-order valence-corrected chi connectivity index (χ1v) is 8.37. The van der Waals surface area contributed by atoms with Crippen molar-refractivity contribution in [3.05, 3.63) is 53.8 Å². The van der Waals surface area contributed by atoms with Gasteiger partial charge in [0.25, 0.3) is 0 Å². The predicted octanol–water partition coefficient (Wildman–Crippen LogP) is 6.39. The van der Waals surface area contributed by atoms with Crippen molar-refractivity contribution in [1.29, 1.82) is 0 Å². The molecule has 0 spiro atoms. The summed E-state index contributed by atoms with van der Waals surface area (Å²) in [5.41, 5.74) is 2.19. The molecule has 2 aromatic carbocycles. The lowest BCUT2D eigenvalue weighted by Gasteiger charge is -2.26. The third-order valence-corrected chi connectivity index (χ3v) is 4.87. The van der Waals surface area contributed by atoms with Crippen LogP contribution in [0, 0.1) is 11.7 Å². The molecule has 0 atom stereocenters. The Morgan fingerprint density at radius 2 is 1.62 bits per heavy atom. The molecule has 1 aliphatic carbocycles. The van der Waals surface area contributed by atoms with Crippen LogP contribution in [0.3, 0.4) is 0 Å². The highest BCUT2D eigenvalue weighted by atomic mass is 19.3. The fourth-order valence-electron chi connectivity index (χ4n) is 3.43. The standard InChI is InChI=1S/C20H21F3O/c1-13-2-4-14(5-3-13)16-8-11-18(19(21)12-16)15-6-9-17(10-7-15)24-20(22)23/h6-14,20H,2-5H2,1H3. The van der Waals surface area contributed by atoms with Crippen LogP contribution < -0.4 is 4.74 Å². The quantitative estimate of drug-likeness (QED) is 0.629. The Balaban J connectivity index is 1.77. The third-order valence-electron chi connectivity index (χ3n) is 4.87. The monoisotopic (exact) mass is 334 g/mol. The van der Waals surface area contributed by atoms with Crippen molar-refractivity contribution in [2.45, 2.75) is 45.1 Å². The maximum absolute atomic E-state index is 14.5. The van der Waals surface area contributed by atoms with E-state index in [4.69, 9.17) is 0 Å². The molecule has 0 aliphatic heterocycles. The van der Waals surface area contributed by atoms with Crippen LogP contribution in [0.4, 0.5) is 13.2 Å². The summed E-state index contributed by atoms with van der Waals surface area (Å²) in [5.74, 6) is 1.00. The van der Waals surface area contributed by atoms with Gasteiger partial charge in [0.15, 0.2) is 0 Å². The number of ether oxygens (including phenoxy) is 1. The van der Waals surface area contributed by atoms with Crippen LogP contribution in [-0.2, 0) is 0 Å². The molecule has 1 nitrogen and oxygen atoms in total. The first kappa shape index (κ1) is 16.9. The summed E-state index contributed by atoms with van der Waals surface area (Å²) in [6, 6.07) is 11.4. The summed E-state index contributed by atoms with van der Waals surface area (Å²) in [5, 5.41) is 0. The van der Waals surface area contributed by atoms with E-state index in [0.717, 1.165) is 24.3 Å². The molecule has 0 N–H and O–H groups in total. The van der Waals surface area contributed by atoms with Crippen molar-refractivity contribution in [2.24, 2.45) is 5.92 Å². The van der Waals surface area contributed by atoms with E-state index in [2.05, 4.69) is 11.7 Å². The van der Waals surface area contributed by atoms with Gasteiger partial charge >= 0.3 is 6.61 Å². The van der Waals surface area contributed by atoms with Crippen LogP contribution in [0.25, 0.3) is 11.1 Å². The molecular formula is C20H21F3O. The summed E-state index contributed by atoms with van der Waals surface area (Å²) in [6.45, 7) is -0.591. The Hall–Kier alpha value is -1.97. The highest BCUT2D eigenvalue weighted by Crippen LogP contribution is 2.37. The van der Waals surface area contributed by atoms with E-state index >= 15 is 0 Å². The van der Waals surface area contributed by atoms with Crippen LogP contribution in [0.5, 0.6) is 5.75 Å². The Morgan fingerprint density at radius 1 is 0.958 bits per heavy atom. The van der Waals surface area contributed by atoms with Crippen molar-refractivity contribution in [3.8, 4) is 16.9 Å². The van der Waals surface area contributed by atoms with Crippen molar-refractivity contribution < 1.29 is 17.9 Å². The van der Waals surface area contributed by atoms with Crippen LogP contribution in [0.1, 0.15) is 44.1 Å². The van der Waals surface area contributed by atoms with Gasteiger partial charge in [-0.05, 0) is 54.0 Å². The SMILES string of the molecule is CC1CCC(c2ccc(-c3ccc(OC(F)F)cc3)c(F)c2)CC1. The highest BCUT2D eigenvalue weighted by Gasteiger charge is 2.20. The number of benzene rings is 2. The van der Waals surface area contributed by atoms with Crippen molar-refractivity contribution in [3.63, 3.8) is 0 Å². The Bertz CT molecular complexity index is 674. The van der Waals surface area contributed by atoms with Gasteiger partial charge in [-0.3, -0.25) is 0 Å². The van der Waals surface area contributed by atoms with E-state index < -0.39 is 6.61 Å². The molecule has 1 fully saturated rings. The molecule has 2 aromatic rings. The summed E-state index contributed by atoms with van der Waals surface area (Å²) in [7, 11) is 0. The summed E-state index contributed by atoms with van der Waals surface area (Å²) in [6.07, 6.45) is 4.61. The van der Waals surface area contributed by atoms with Crippen LogP contribution in [0.2, 0.25) is 0 Å². The number of hydrogen-bond donors (Lipinski definition) is 0. The second kappa shape index (κ2) is 7.29. The van der Waals surface area contributed by atoms with Gasteiger partial charge in [0.05, 0.1) is 0 Å². The lowest BCUT2D eigenvalue weighted by molar-refractivity contribution is -0.0498. The van der Waals surface area contributed by atoms with Crippen LogP contribution in [0.15, 0.2) is 42.5 Å². The molecule has 0 aromatic heterocycles. The topological polar surface area (TPSA) is 9.23 Å². The van der Waals surface area contributed by atoms with Crippen LogP contribution in [-0.4, -0.2) is 6.61 Å². The average molecular weight is 334 g/mol. The number of halogens is 3. The second-order valence-electron chi connectivity index (χ2n) is 6.60. The molecule has 1 aliphatic rings. The molecule has 0 heterocycles. The normalized spacial score (nSPS) is 21.0. The van der Waals surface area contributed by atoms with Gasteiger partial charge in [-0.25, -0.2) is 4.39 Å². The zero-order valence-electron chi connectivity index (χ0n) is 13.6. The van der Waals surface area contributed by atoms with Gasteiger partial charge in [0.2, 0.25) is 0 Å². The molecule has 0 amide bonds. The van der Waals surface area contributed by atoms with Gasteiger partial charge in [-0.2, -0.15) is 8.78 Å². The average Bonchev–Trinajstić information content (AvgIpc) is 2.56. The van der Waals surface area contributed by atoms with Gasteiger partial charge in [-0.1, -0.05) is 44.0 Å². The maximum Gasteiger partial charge on any atom is 0.387 e. The molecule has 1 saturated carbocycles. The Morgan fingerprint density at radius 3 is 2.21 bits per heavy atom. The third kappa shape index (κ3) is 3.92. The van der Waals surface area contributed by atoms with E-state index in [1.807, 2.05) is 6.07 Å². The largest absolute Gasteiger partial charge is 0.435 e. The van der Waals surface area contributed by atoms with E-state index in [-0.39, 0.29) is 11.6 Å². The Kier molecular flexibility index (Phi) is 5.12. The summed E-state index contributed by atoms with van der Waals surface area (Å²) >= 11 is 0. The van der Waals surface area contributed by atoms with Gasteiger partial charge in [0.1, 0.15) is 11.6 Å². The Labute approximate surface area is 140 Å². The minimum absolute atomic E-state index is 0.0714. The maximum atomic E-state index is 14.5. The summed E-state index contributed by atoms with van der Waals surface area (Å²) < 4.78 is 43.2. The van der Waals surface area contributed by atoms with E-state index in [1.54, 1.807) is 24.3 Å². The molecule has 0 bridgehead atoms. The zero-order valence-corrected chi connectivity index (χ0v) is 13.6. The first-order valence-electron chi connectivity index (χ1n) is 8.37. The first-order chi connectivity index (χ1) is 11.5. The van der Waals surface area contributed by atoms with Crippen molar-refractivity contribution >= 4 is 0 Å². The predicted molar refractivity (Wildman–Crippen MR) is 88.8 cm³/mol. The lowest BCUT2D eigenvalue weighted by atomic mass is 9.79. The van der Waals surface area contributed by atoms with Crippen molar-refractivity contribution in [1.82, 2.24) is 0 Å². The molecule has 128 valence electrons. The van der Waals surface area contributed by atoms with Crippen LogP contribution >= 0.6 is 0 Å². The molecule has 0 saturated heterocycles. The zero-order chi connectivity index (χ0) is 17.1. The number of alkyl halides is 2. The summed E-state index contributed by atoms with van der Waals surface area (Å²) in [4.78, 5) is 0. The minimum Gasteiger partial charge on any atom is -0.435 e. The minimum atomic E-state index is -2.86. The second-order valence-corrected chi connectivity index (χ2v) is 6.60. The van der Waals surface area contributed by atoms with Gasteiger partial charge in [-0.15, -0.1) is 0 Å². The number of rotatable bonds is 4. The lowest BCUT2D eigenvalue weighted by Crippen LogP contribution is -2.11. The number of hydrogen-bond acceptors (Lipinski definition) is 1. The molecule has 0 radical (unpaired) electrons. The van der Waals surface area contributed by atoms with Gasteiger partial charge in [0, 0.05) is 5.56 Å². The van der Waals surface area contributed by atoms with E-state index in [9.17, 15) is 13.2 Å². The molecule has 24 heavy (non-hydrogen) atoms. The highest BCUT2D eigenvalue weighted by molar-refractivity contribution is 5.65. The molecule has 4 heteroatoms.